The van der Waals surface area contributed by atoms with Gasteiger partial charge < -0.3 is 19.5 Å². The minimum Gasteiger partial charge on any atom is -0.481 e. The van der Waals surface area contributed by atoms with Crippen molar-refractivity contribution in [3.05, 3.63) is 29.8 Å². The molecule has 148 valence electrons. The molecule has 2 aliphatic rings. The van der Waals surface area contributed by atoms with Crippen molar-refractivity contribution in [2.45, 2.75) is 17.4 Å². The van der Waals surface area contributed by atoms with Crippen LogP contribution in [0.1, 0.15) is 16.8 Å². The fraction of sp³-hybridized carbons (Fsp3) is 0.529. The molecule has 0 bridgehead atoms. The molecule has 0 aromatic heterocycles. The lowest BCUT2D eigenvalue weighted by Crippen LogP contribution is -2.46. The molecule has 1 atom stereocenters. The Labute approximate surface area is 157 Å². The number of sulfonamides is 1. The van der Waals surface area contributed by atoms with E-state index < -0.39 is 22.1 Å². The second kappa shape index (κ2) is 8.34. The first-order valence-electron chi connectivity index (χ1n) is 8.68. The summed E-state index contributed by atoms with van der Waals surface area (Å²) in [6, 6.07) is 5.81. The van der Waals surface area contributed by atoms with E-state index in [0.717, 1.165) is 0 Å². The summed E-state index contributed by atoms with van der Waals surface area (Å²) >= 11 is 0. The predicted molar refractivity (Wildman–Crippen MR) is 93.9 cm³/mol. The SMILES string of the molecule is O=C(O)CC1CN(C(=O)c2ccc(S(=O)(=O)N3CCOCC3)cc2)CCO1. The number of amides is 1. The fourth-order valence-corrected chi connectivity index (χ4v) is 4.52. The number of carbonyl (C=O) groups is 2. The second-order valence-corrected chi connectivity index (χ2v) is 8.32. The minimum atomic E-state index is -3.61. The Hall–Kier alpha value is -2.01. The van der Waals surface area contributed by atoms with Crippen molar-refractivity contribution in [1.29, 1.82) is 0 Å². The van der Waals surface area contributed by atoms with E-state index in [2.05, 4.69) is 0 Å². The van der Waals surface area contributed by atoms with Crippen LogP contribution in [0, 0.1) is 0 Å². The number of benzene rings is 1. The van der Waals surface area contributed by atoms with Gasteiger partial charge in [-0.15, -0.1) is 0 Å². The average Bonchev–Trinajstić information content (AvgIpc) is 2.68. The van der Waals surface area contributed by atoms with Gasteiger partial charge in [0.2, 0.25) is 10.0 Å². The summed E-state index contributed by atoms with van der Waals surface area (Å²) in [4.78, 5) is 25.1. The van der Waals surface area contributed by atoms with Crippen molar-refractivity contribution < 1.29 is 32.6 Å². The lowest BCUT2D eigenvalue weighted by atomic mass is 10.1. The van der Waals surface area contributed by atoms with E-state index in [4.69, 9.17) is 14.6 Å². The van der Waals surface area contributed by atoms with Crippen molar-refractivity contribution in [2.75, 3.05) is 46.0 Å². The first kappa shape index (κ1) is 19.7. The van der Waals surface area contributed by atoms with Crippen molar-refractivity contribution in [3.63, 3.8) is 0 Å². The van der Waals surface area contributed by atoms with Crippen LogP contribution in [0.3, 0.4) is 0 Å². The molecule has 1 N–H and O–H groups in total. The van der Waals surface area contributed by atoms with E-state index in [9.17, 15) is 18.0 Å². The highest BCUT2D eigenvalue weighted by atomic mass is 32.2. The Morgan fingerprint density at radius 2 is 1.74 bits per heavy atom. The van der Waals surface area contributed by atoms with Crippen LogP contribution in [0.4, 0.5) is 0 Å². The topological polar surface area (TPSA) is 113 Å². The molecule has 2 heterocycles. The van der Waals surface area contributed by atoms with Crippen molar-refractivity contribution in [3.8, 4) is 0 Å². The third-order valence-corrected chi connectivity index (χ3v) is 6.45. The Kier molecular flexibility index (Phi) is 6.10. The fourth-order valence-electron chi connectivity index (χ4n) is 3.11. The maximum atomic E-state index is 12.6. The van der Waals surface area contributed by atoms with Crippen LogP contribution in [-0.2, 0) is 24.3 Å². The summed E-state index contributed by atoms with van der Waals surface area (Å²) < 4.78 is 37.1. The largest absolute Gasteiger partial charge is 0.481 e. The minimum absolute atomic E-state index is 0.131. The van der Waals surface area contributed by atoms with Gasteiger partial charge in [0.1, 0.15) is 0 Å². The molecule has 2 fully saturated rings. The lowest BCUT2D eigenvalue weighted by Gasteiger charge is -2.32. The number of nitrogens with zero attached hydrogens (tertiary/aromatic N) is 2. The van der Waals surface area contributed by atoms with Crippen LogP contribution in [0.15, 0.2) is 29.2 Å². The molecule has 1 amide bonds. The van der Waals surface area contributed by atoms with Gasteiger partial charge in [0, 0.05) is 31.7 Å². The lowest BCUT2D eigenvalue weighted by molar-refractivity contribution is -0.141. The van der Waals surface area contributed by atoms with Crippen molar-refractivity contribution >= 4 is 21.9 Å². The first-order valence-corrected chi connectivity index (χ1v) is 10.1. The molecular weight excluding hydrogens is 376 g/mol. The summed E-state index contributed by atoms with van der Waals surface area (Å²) in [6.07, 6.45) is -0.707. The molecular formula is C17H22N2O7S. The number of hydrogen-bond acceptors (Lipinski definition) is 6. The number of morpholine rings is 2. The molecule has 0 aliphatic carbocycles. The summed E-state index contributed by atoms with van der Waals surface area (Å²) in [5.74, 6) is -1.25. The Morgan fingerprint density at radius 3 is 2.37 bits per heavy atom. The van der Waals surface area contributed by atoms with Gasteiger partial charge in [-0.25, -0.2) is 8.42 Å². The molecule has 2 aliphatic heterocycles. The highest BCUT2D eigenvalue weighted by molar-refractivity contribution is 7.89. The van der Waals surface area contributed by atoms with E-state index in [-0.39, 0.29) is 30.4 Å². The number of aliphatic carboxylic acids is 1. The quantitative estimate of drug-likeness (QED) is 0.744. The van der Waals surface area contributed by atoms with E-state index in [1.54, 1.807) is 0 Å². The Morgan fingerprint density at radius 1 is 1.07 bits per heavy atom. The van der Waals surface area contributed by atoms with Crippen LogP contribution in [0.25, 0.3) is 0 Å². The molecule has 1 aromatic carbocycles. The molecule has 0 saturated carbocycles. The highest BCUT2D eigenvalue weighted by Gasteiger charge is 2.28. The molecule has 2 saturated heterocycles. The Balaban J connectivity index is 1.69. The van der Waals surface area contributed by atoms with Gasteiger partial charge in [-0.05, 0) is 24.3 Å². The number of carboxylic acid groups (broad SMARTS) is 1. The van der Waals surface area contributed by atoms with Gasteiger partial charge in [0.25, 0.3) is 5.91 Å². The number of ether oxygens (including phenoxy) is 2. The summed E-state index contributed by atoms with van der Waals surface area (Å²) in [5.41, 5.74) is 0.354. The van der Waals surface area contributed by atoms with E-state index in [0.29, 0.717) is 38.4 Å². The molecule has 1 aromatic rings. The summed E-state index contributed by atoms with van der Waals surface area (Å²) in [6.45, 7) is 2.17. The van der Waals surface area contributed by atoms with Crippen LogP contribution in [0.2, 0.25) is 0 Å². The van der Waals surface area contributed by atoms with Gasteiger partial charge in [-0.2, -0.15) is 4.31 Å². The van der Waals surface area contributed by atoms with E-state index >= 15 is 0 Å². The molecule has 27 heavy (non-hydrogen) atoms. The van der Waals surface area contributed by atoms with Crippen molar-refractivity contribution in [1.82, 2.24) is 9.21 Å². The zero-order chi connectivity index (χ0) is 19.4. The number of hydrogen-bond donors (Lipinski definition) is 1. The number of rotatable bonds is 5. The average molecular weight is 398 g/mol. The van der Waals surface area contributed by atoms with E-state index in [1.807, 2.05) is 0 Å². The van der Waals surface area contributed by atoms with Gasteiger partial charge in [0.05, 0.1) is 37.2 Å². The van der Waals surface area contributed by atoms with Crippen LogP contribution in [0.5, 0.6) is 0 Å². The number of carboxylic acids is 1. The van der Waals surface area contributed by atoms with Crippen LogP contribution >= 0.6 is 0 Å². The molecule has 0 spiro atoms. The molecule has 1 unspecified atom stereocenters. The standard InChI is InChI=1S/C17H22N2O7S/c20-16(21)11-14-12-18(5-10-26-14)17(22)13-1-3-15(4-2-13)27(23,24)19-6-8-25-9-7-19/h1-4,14H,5-12H2,(H,20,21). The smallest absolute Gasteiger partial charge is 0.306 e. The van der Waals surface area contributed by atoms with Crippen LogP contribution < -0.4 is 0 Å². The number of carbonyl (C=O) groups excluding carboxylic acids is 1. The highest BCUT2D eigenvalue weighted by Crippen LogP contribution is 2.19. The molecule has 9 nitrogen and oxygen atoms in total. The second-order valence-electron chi connectivity index (χ2n) is 6.38. The normalized spacial score (nSPS) is 21.8. The zero-order valence-electron chi connectivity index (χ0n) is 14.7. The maximum absolute atomic E-state index is 12.6. The zero-order valence-corrected chi connectivity index (χ0v) is 15.6. The van der Waals surface area contributed by atoms with Gasteiger partial charge in [-0.3, -0.25) is 9.59 Å². The monoisotopic (exact) mass is 398 g/mol. The third kappa shape index (κ3) is 4.64. The van der Waals surface area contributed by atoms with E-state index in [1.165, 1.54) is 33.5 Å². The summed E-state index contributed by atoms with van der Waals surface area (Å²) in [5, 5.41) is 8.87. The predicted octanol–water partition coefficient (Wildman–Crippen LogP) is 0.0232. The van der Waals surface area contributed by atoms with Gasteiger partial charge >= 0.3 is 5.97 Å². The maximum Gasteiger partial charge on any atom is 0.306 e. The summed E-state index contributed by atoms with van der Waals surface area (Å²) in [7, 11) is -3.61. The Bertz CT molecular complexity index is 788. The molecule has 0 radical (unpaired) electrons. The third-order valence-electron chi connectivity index (χ3n) is 4.54. The molecule has 10 heteroatoms. The van der Waals surface area contributed by atoms with Crippen molar-refractivity contribution in [2.24, 2.45) is 0 Å². The van der Waals surface area contributed by atoms with Crippen LogP contribution in [-0.4, -0.2) is 86.7 Å². The van der Waals surface area contributed by atoms with Gasteiger partial charge in [0.15, 0.2) is 0 Å². The molecule has 3 rings (SSSR count). The van der Waals surface area contributed by atoms with Gasteiger partial charge in [-0.1, -0.05) is 0 Å². The first-order chi connectivity index (χ1) is 12.9.